The van der Waals surface area contributed by atoms with Crippen molar-refractivity contribution in [2.75, 3.05) is 13.2 Å². The molecule has 1 aliphatic rings. The molecule has 0 spiro atoms. The van der Waals surface area contributed by atoms with Crippen molar-refractivity contribution in [3.63, 3.8) is 0 Å². The molecule has 0 aromatic carbocycles. The summed E-state index contributed by atoms with van der Waals surface area (Å²) in [4.78, 5) is 13.2. The first-order chi connectivity index (χ1) is 43.3. The number of aliphatic hydroxyl groups excluding tert-OH is 5. The van der Waals surface area contributed by atoms with Gasteiger partial charge in [0, 0.05) is 6.42 Å². The molecule has 0 bridgehead atoms. The molecule has 1 heterocycles. The number of carbonyl (C=O) groups excluding carboxylic acids is 1. The molecule has 0 aliphatic carbocycles. The van der Waals surface area contributed by atoms with Crippen LogP contribution in [-0.2, 0) is 14.3 Å². The Morgan fingerprint density at radius 2 is 0.670 bits per heavy atom. The fourth-order valence-corrected chi connectivity index (χ4v) is 12.9. The van der Waals surface area contributed by atoms with Crippen LogP contribution in [0, 0.1) is 0 Å². The summed E-state index contributed by atoms with van der Waals surface area (Å²) in [6, 6.07) is -0.720. The maximum absolute atomic E-state index is 13.2. The first-order valence-electron chi connectivity index (χ1n) is 39.2. The zero-order valence-electron chi connectivity index (χ0n) is 58.5. The van der Waals surface area contributed by atoms with E-state index in [4.69, 9.17) is 9.47 Å². The predicted octanol–water partition coefficient (Wildman–Crippen LogP) is 22.2. The molecule has 0 aromatic heterocycles. The van der Waals surface area contributed by atoms with E-state index in [0.717, 1.165) is 51.4 Å². The van der Waals surface area contributed by atoms with Gasteiger partial charge in [-0.3, -0.25) is 4.79 Å². The second-order valence-corrected chi connectivity index (χ2v) is 27.5. The molecule has 1 fully saturated rings. The summed E-state index contributed by atoms with van der Waals surface area (Å²) in [5.41, 5.74) is 0. The lowest BCUT2D eigenvalue weighted by Crippen LogP contribution is -2.60. The minimum absolute atomic E-state index is 0.133. The summed E-state index contributed by atoms with van der Waals surface area (Å²) in [7, 11) is 0. The fraction of sp³-hybridized carbons (Fsp3) is 0.911. The monoisotopic (exact) mass is 1240 g/mol. The molecule has 0 aromatic rings. The first kappa shape index (κ1) is 84.4. The quantitative estimate of drug-likeness (QED) is 0.0261. The average molecular weight is 1240 g/mol. The van der Waals surface area contributed by atoms with Gasteiger partial charge in [-0.1, -0.05) is 384 Å². The van der Waals surface area contributed by atoms with Crippen molar-refractivity contribution in [1.29, 1.82) is 0 Å². The molecule has 6 N–H and O–H groups in total. The van der Waals surface area contributed by atoms with Gasteiger partial charge in [0.05, 0.1) is 25.4 Å². The minimum Gasteiger partial charge on any atom is -0.394 e. The SMILES string of the molecule is CCCCCCC/C=C\C/C=C\C/C=C\CCCCCCCCCCCCCCCCCCCCCCC(=O)NC(COC1OC(CO)C(O)C(O)C1O)C(O)CCCCCCCCCCCCCCCCCCCCCCCCCCCCCCCC. The third-order valence-electron chi connectivity index (χ3n) is 19.0. The zero-order valence-corrected chi connectivity index (χ0v) is 58.5. The van der Waals surface area contributed by atoms with Crippen LogP contribution in [0.25, 0.3) is 0 Å². The van der Waals surface area contributed by atoms with Crippen molar-refractivity contribution in [3.8, 4) is 0 Å². The normalized spacial score (nSPS) is 18.0. The van der Waals surface area contributed by atoms with Crippen LogP contribution in [0.1, 0.15) is 406 Å². The number of unbranched alkanes of at least 4 members (excludes halogenated alkanes) is 54. The Labute approximate surface area is 546 Å². The molecular weight excluding hydrogens is 1090 g/mol. The van der Waals surface area contributed by atoms with E-state index in [0.29, 0.717) is 12.8 Å². The summed E-state index contributed by atoms with van der Waals surface area (Å²) in [6.07, 6.45) is 85.3. The van der Waals surface area contributed by atoms with Crippen LogP contribution in [0.15, 0.2) is 36.5 Å². The summed E-state index contributed by atoms with van der Waals surface area (Å²) in [5.74, 6) is -0.135. The average Bonchev–Trinajstić information content (AvgIpc) is 3.65. The molecule has 1 saturated heterocycles. The Morgan fingerprint density at radius 3 is 0.989 bits per heavy atom. The molecule has 0 saturated carbocycles. The summed E-state index contributed by atoms with van der Waals surface area (Å²) in [6.45, 7) is 3.89. The summed E-state index contributed by atoms with van der Waals surface area (Å²) >= 11 is 0. The number of rotatable bonds is 70. The number of aliphatic hydroxyl groups is 5. The van der Waals surface area contributed by atoms with Crippen molar-refractivity contribution in [2.45, 2.75) is 448 Å². The summed E-state index contributed by atoms with van der Waals surface area (Å²) in [5, 5.41) is 55.1. The lowest BCUT2D eigenvalue weighted by Gasteiger charge is -2.40. The maximum Gasteiger partial charge on any atom is 0.220 e. The van der Waals surface area contributed by atoms with Crippen LogP contribution >= 0.6 is 0 Å². The number of allylic oxidation sites excluding steroid dienone is 6. The van der Waals surface area contributed by atoms with E-state index in [1.165, 1.54) is 327 Å². The van der Waals surface area contributed by atoms with Gasteiger partial charge in [0.15, 0.2) is 6.29 Å². The molecule has 1 amide bonds. The number of hydrogen-bond acceptors (Lipinski definition) is 8. The third-order valence-corrected chi connectivity index (χ3v) is 19.0. The molecule has 1 aliphatic heterocycles. The van der Waals surface area contributed by atoms with Crippen molar-refractivity contribution in [2.24, 2.45) is 0 Å². The van der Waals surface area contributed by atoms with Crippen LogP contribution < -0.4 is 5.32 Å². The highest BCUT2D eigenvalue weighted by molar-refractivity contribution is 5.76. The lowest BCUT2D eigenvalue weighted by atomic mass is 9.99. The number of carbonyl (C=O) groups is 1. The van der Waals surface area contributed by atoms with Gasteiger partial charge in [0.1, 0.15) is 24.4 Å². The topological polar surface area (TPSA) is 149 Å². The van der Waals surface area contributed by atoms with Gasteiger partial charge in [-0.15, -0.1) is 0 Å². The van der Waals surface area contributed by atoms with Crippen LogP contribution in [0.2, 0.25) is 0 Å². The summed E-state index contributed by atoms with van der Waals surface area (Å²) < 4.78 is 11.4. The molecule has 7 unspecified atom stereocenters. The standard InChI is InChI=1S/C79H151NO8/c1-3-5-7-9-11-13-15-17-19-21-23-25-27-29-31-33-35-36-37-38-39-41-43-45-47-49-51-53-55-57-59-61-63-65-67-69-75(83)80-72(71-87-79-78(86)77(85)76(84)74(70-81)88-79)73(82)68-66-64-62-60-58-56-54-52-50-48-46-44-42-40-34-32-30-28-26-24-22-20-18-16-14-12-10-8-6-4-2/h15,17,21,23,27,29,72-74,76-79,81-82,84-86H,3-14,16,18-20,22,24-26,28,30-71H2,1-2H3,(H,80,83)/b17-15-,23-21-,29-27-. The fourth-order valence-electron chi connectivity index (χ4n) is 12.9. The molecular formula is C79H151NO8. The van der Waals surface area contributed by atoms with Gasteiger partial charge in [-0.2, -0.15) is 0 Å². The molecule has 520 valence electrons. The van der Waals surface area contributed by atoms with Gasteiger partial charge >= 0.3 is 0 Å². The van der Waals surface area contributed by atoms with Crippen molar-refractivity contribution in [1.82, 2.24) is 5.32 Å². The Kier molecular flexibility index (Phi) is 65.5. The molecule has 9 heteroatoms. The Hall–Kier alpha value is -1.59. The minimum atomic E-state index is -1.55. The highest BCUT2D eigenvalue weighted by Gasteiger charge is 2.44. The van der Waals surface area contributed by atoms with Gasteiger partial charge in [0.2, 0.25) is 5.91 Å². The van der Waals surface area contributed by atoms with Crippen LogP contribution in [0.3, 0.4) is 0 Å². The number of nitrogens with one attached hydrogen (secondary N) is 1. The van der Waals surface area contributed by atoms with Crippen LogP contribution in [0.5, 0.6) is 0 Å². The van der Waals surface area contributed by atoms with Crippen molar-refractivity contribution in [3.05, 3.63) is 36.5 Å². The number of hydrogen-bond donors (Lipinski definition) is 6. The van der Waals surface area contributed by atoms with E-state index >= 15 is 0 Å². The van der Waals surface area contributed by atoms with Gasteiger partial charge in [0.25, 0.3) is 0 Å². The third kappa shape index (κ3) is 56.0. The van der Waals surface area contributed by atoms with Gasteiger partial charge in [-0.05, 0) is 51.4 Å². The molecule has 0 radical (unpaired) electrons. The predicted molar refractivity (Wildman–Crippen MR) is 378 cm³/mol. The highest BCUT2D eigenvalue weighted by Crippen LogP contribution is 2.24. The lowest BCUT2D eigenvalue weighted by molar-refractivity contribution is -0.302. The Bertz CT molecular complexity index is 1490. The second-order valence-electron chi connectivity index (χ2n) is 27.5. The van der Waals surface area contributed by atoms with E-state index in [1.54, 1.807) is 0 Å². The number of ether oxygens (including phenoxy) is 2. The van der Waals surface area contributed by atoms with E-state index in [2.05, 4.69) is 55.6 Å². The maximum atomic E-state index is 13.2. The van der Waals surface area contributed by atoms with Gasteiger partial charge in [-0.25, -0.2) is 0 Å². The van der Waals surface area contributed by atoms with E-state index in [1.807, 2.05) is 0 Å². The van der Waals surface area contributed by atoms with Crippen LogP contribution in [-0.4, -0.2) is 87.5 Å². The van der Waals surface area contributed by atoms with Crippen molar-refractivity contribution < 1.29 is 39.8 Å². The molecule has 1 rings (SSSR count). The zero-order chi connectivity index (χ0) is 63.5. The molecule has 7 atom stereocenters. The number of amides is 1. The van der Waals surface area contributed by atoms with Crippen molar-refractivity contribution >= 4 is 5.91 Å². The Balaban J connectivity index is 2.06. The van der Waals surface area contributed by atoms with Crippen LogP contribution in [0.4, 0.5) is 0 Å². The van der Waals surface area contributed by atoms with E-state index in [9.17, 15) is 30.3 Å². The largest absolute Gasteiger partial charge is 0.394 e. The highest BCUT2D eigenvalue weighted by atomic mass is 16.7. The molecule has 9 nitrogen and oxygen atoms in total. The van der Waals surface area contributed by atoms with E-state index < -0.39 is 49.5 Å². The first-order valence-corrected chi connectivity index (χ1v) is 39.2. The smallest absolute Gasteiger partial charge is 0.220 e. The second kappa shape index (κ2) is 68.3. The van der Waals surface area contributed by atoms with Gasteiger partial charge < -0.3 is 40.3 Å². The van der Waals surface area contributed by atoms with E-state index in [-0.39, 0.29) is 12.5 Å². The Morgan fingerprint density at radius 1 is 0.386 bits per heavy atom. The molecule has 88 heavy (non-hydrogen) atoms.